The number of methoxy groups -OCH3 is 2. The van der Waals surface area contributed by atoms with Crippen LogP contribution in [-0.4, -0.2) is 37.3 Å². The molecule has 0 bridgehead atoms. The summed E-state index contributed by atoms with van der Waals surface area (Å²) in [5.74, 6) is 2.44. The number of nitrogens with zero attached hydrogens (tertiary/aromatic N) is 2. The molecule has 0 amide bonds. The Labute approximate surface area is 163 Å². The fourth-order valence-electron chi connectivity index (χ4n) is 3.63. The average Bonchev–Trinajstić information content (AvgIpc) is 3.20. The van der Waals surface area contributed by atoms with E-state index in [2.05, 4.69) is 27.4 Å². The van der Waals surface area contributed by atoms with Crippen LogP contribution in [0.5, 0.6) is 11.5 Å². The molecule has 1 aromatic heterocycles. The van der Waals surface area contributed by atoms with E-state index in [9.17, 15) is 0 Å². The van der Waals surface area contributed by atoms with E-state index in [1.54, 1.807) is 20.3 Å². The van der Waals surface area contributed by atoms with Crippen molar-refractivity contribution >= 4 is 22.7 Å². The Hall–Kier alpha value is -3.06. The summed E-state index contributed by atoms with van der Waals surface area (Å²) in [5, 5.41) is 4.06. The normalized spacial score (nSPS) is 18.9. The third-order valence-corrected chi connectivity index (χ3v) is 5.10. The number of ether oxygens (including phenoxy) is 3. The fraction of sp³-hybridized carbons (Fsp3) is 0.333. The highest BCUT2D eigenvalue weighted by Gasteiger charge is 2.29. The van der Waals surface area contributed by atoms with Crippen molar-refractivity contribution in [2.75, 3.05) is 38.4 Å². The lowest BCUT2D eigenvalue weighted by atomic mass is 9.95. The summed E-state index contributed by atoms with van der Waals surface area (Å²) in [4.78, 5) is 9.01. The first-order valence-corrected chi connectivity index (χ1v) is 9.29. The molecule has 1 saturated heterocycles. The number of hydrogen-bond donors (Lipinski definition) is 2. The Balaban J connectivity index is 1.55. The van der Waals surface area contributed by atoms with E-state index in [0.29, 0.717) is 41.2 Å². The zero-order valence-corrected chi connectivity index (χ0v) is 16.0. The first kappa shape index (κ1) is 18.3. The maximum absolute atomic E-state index is 6.16. The lowest BCUT2D eigenvalue weighted by Gasteiger charge is -2.19. The van der Waals surface area contributed by atoms with Gasteiger partial charge in [0.25, 0.3) is 0 Å². The van der Waals surface area contributed by atoms with Gasteiger partial charge in [-0.1, -0.05) is 30.3 Å². The molecular weight excluding hydrogens is 356 g/mol. The first-order valence-electron chi connectivity index (χ1n) is 9.29. The Kier molecular flexibility index (Phi) is 5.16. The van der Waals surface area contributed by atoms with Gasteiger partial charge in [0.2, 0.25) is 5.95 Å². The predicted octanol–water partition coefficient (Wildman–Crippen LogP) is 3.42. The van der Waals surface area contributed by atoms with Gasteiger partial charge in [0.05, 0.1) is 25.8 Å². The van der Waals surface area contributed by atoms with Gasteiger partial charge >= 0.3 is 0 Å². The molecular formula is C21H24N4O3. The van der Waals surface area contributed by atoms with Crippen molar-refractivity contribution in [1.29, 1.82) is 0 Å². The third-order valence-electron chi connectivity index (χ3n) is 5.10. The van der Waals surface area contributed by atoms with Gasteiger partial charge in [-0.25, -0.2) is 4.98 Å². The molecule has 146 valence electrons. The van der Waals surface area contributed by atoms with Crippen LogP contribution >= 0.6 is 0 Å². The molecule has 4 rings (SSSR count). The quantitative estimate of drug-likeness (QED) is 0.677. The van der Waals surface area contributed by atoms with Gasteiger partial charge in [0.15, 0.2) is 11.5 Å². The largest absolute Gasteiger partial charge is 0.493 e. The second kappa shape index (κ2) is 7.90. The van der Waals surface area contributed by atoms with Crippen LogP contribution in [0, 0.1) is 5.92 Å². The predicted molar refractivity (Wildman–Crippen MR) is 109 cm³/mol. The molecule has 7 nitrogen and oxygen atoms in total. The molecule has 0 saturated carbocycles. The van der Waals surface area contributed by atoms with Crippen LogP contribution < -0.4 is 20.5 Å². The number of rotatable bonds is 6. The second-order valence-corrected chi connectivity index (χ2v) is 6.79. The van der Waals surface area contributed by atoms with Crippen molar-refractivity contribution < 1.29 is 14.2 Å². The molecule has 2 atom stereocenters. The molecule has 2 aromatic carbocycles. The fourth-order valence-corrected chi connectivity index (χ4v) is 3.63. The summed E-state index contributed by atoms with van der Waals surface area (Å²) in [7, 11) is 3.18. The lowest BCUT2D eigenvalue weighted by molar-refractivity contribution is 0.0933. The first-order chi connectivity index (χ1) is 13.7. The highest BCUT2D eigenvalue weighted by molar-refractivity contribution is 5.91. The number of nitrogens with two attached hydrogens (primary N) is 1. The van der Waals surface area contributed by atoms with Gasteiger partial charge in [-0.3, -0.25) is 0 Å². The summed E-state index contributed by atoms with van der Waals surface area (Å²) in [5.41, 5.74) is 8.06. The van der Waals surface area contributed by atoms with Gasteiger partial charge in [-0.15, -0.1) is 0 Å². The van der Waals surface area contributed by atoms with Gasteiger partial charge in [0.1, 0.15) is 5.82 Å². The minimum Gasteiger partial charge on any atom is -0.493 e. The van der Waals surface area contributed by atoms with Crippen molar-refractivity contribution in [3.05, 3.63) is 48.0 Å². The van der Waals surface area contributed by atoms with Crippen LogP contribution in [0.2, 0.25) is 0 Å². The number of aromatic nitrogens is 2. The molecule has 1 aliphatic rings. The maximum atomic E-state index is 6.16. The van der Waals surface area contributed by atoms with E-state index in [1.807, 2.05) is 24.3 Å². The van der Waals surface area contributed by atoms with Crippen LogP contribution in [0.15, 0.2) is 42.5 Å². The van der Waals surface area contributed by atoms with Gasteiger partial charge < -0.3 is 25.3 Å². The number of benzene rings is 2. The maximum Gasteiger partial charge on any atom is 0.225 e. The monoisotopic (exact) mass is 380 g/mol. The number of fused-ring (bicyclic) bond motifs is 1. The SMILES string of the molecule is COc1cc2nc(NCC3CCOC3c3ccccc3)nc(N)c2cc1OC. The summed E-state index contributed by atoms with van der Waals surface area (Å²) >= 11 is 0. The van der Waals surface area contributed by atoms with Crippen molar-refractivity contribution in [1.82, 2.24) is 9.97 Å². The second-order valence-electron chi connectivity index (χ2n) is 6.79. The van der Waals surface area contributed by atoms with Crippen LogP contribution in [0.4, 0.5) is 11.8 Å². The summed E-state index contributed by atoms with van der Waals surface area (Å²) < 4.78 is 16.7. The molecule has 0 aliphatic carbocycles. The number of nitrogens with one attached hydrogen (secondary N) is 1. The van der Waals surface area contributed by atoms with E-state index in [1.165, 1.54) is 5.56 Å². The Morgan fingerprint density at radius 1 is 1.11 bits per heavy atom. The van der Waals surface area contributed by atoms with E-state index < -0.39 is 0 Å². The molecule has 0 spiro atoms. The van der Waals surface area contributed by atoms with Crippen molar-refractivity contribution in [2.45, 2.75) is 12.5 Å². The Morgan fingerprint density at radius 3 is 2.61 bits per heavy atom. The third kappa shape index (κ3) is 3.53. The highest BCUT2D eigenvalue weighted by atomic mass is 16.5. The average molecular weight is 380 g/mol. The molecule has 3 aromatic rings. The van der Waals surface area contributed by atoms with E-state index >= 15 is 0 Å². The molecule has 1 aliphatic heterocycles. The Morgan fingerprint density at radius 2 is 1.86 bits per heavy atom. The standard InChI is InChI=1S/C21H24N4O3/c1-26-17-10-15-16(11-18(17)27-2)24-21(25-20(15)22)23-12-14-8-9-28-19(14)13-6-4-3-5-7-13/h3-7,10-11,14,19H,8-9,12H2,1-2H3,(H3,22,23,24,25). The summed E-state index contributed by atoms with van der Waals surface area (Å²) in [6.07, 6.45) is 1.07. The van der Waals surface area contributed by atoms with Gasteiger partial charge in [-0.2, -0.15) is 4.98 Å². The molecule has 1 fully saturated rings. The summed E-state index contributed by atoms with van der Waals surface area (Å²) in [6, 6.07) is 13.9. The molecule has 2 heterocycles. The smallest absolute Gasteiger partial charge is 0.225 e. The molecule has 2 unspecified atom stereocenters. The van der Waals surface area contributed by atoms with Gasteiger partial charge in [0, 0.05) is 30.5 Å². The molecule has 0 radical (unpaired) electrons. The molecule has 3 N–H and O–H groups in total. The molecule has 7 heteroatoms. The van der Waals surface area contributed by atoms with Crippen LogP contribution in [0.3, 0.4) is 0 Å². The van der Waals surface area contributed by atoms with Gasteiger partial charge in [-0.05, 0) is 18.1 Å². The van der Waals surface area contributed by atoms with E-state index in [-0.39, 0.29) is 6.10 Å². The number of nitrogen functional groups attached to an aromatic ring is 1. The van der Waals surface area contributed by atoms with Crippen molar-refractivity contribution in [3.8, 4) is 11.5 Å². The van der Waals surface area contributed by atoms with Crippen LogP contribution in [0.1, 0.15) is 18.1 Å². The molecule has 28 heavy (non-hydrogen) atoms. The number of hydrogen-bond acceptors (Lipinski definition) is 7. The van der Waals surface area contributed by atoms with Crippen LogP contribution in [0.25, 0.3) is 10.9 Å². The minimum atomic E-state index is 0.0795. The lowest BCUT2D eigenvalue weighted by Crippen LogP contribution is -2.19. The van der Waals surface area contributed by atoms with Crippen LogP contribution in [-0.2, 0) is 4.74 Å². The zero-order valence-electron chi connectivity index (χ0n) is 16.0. The highest BCUT2D eigenvalue weighted by Crippen LogP contribution is 2.35. The topological polar surface area (TPSA) is 91.5 Å². The van der Waals surface area contributed by atoms with E-state index in [0.717, 1.165) is 18.4 Å². The zero-order chi connectivity index (χ0) is 19.5. The minimum absolute atomic E-state index is 0.0795. The van der Waals surface area contributed by atoms with Crippen molar-refractivity contribution in [2.24, 2.45) is 5.92 Å². The summed E-state index contributed by atoms with van der Waals surface area (Å²) in [6.45, 7) is 1.46. The number of anilines is 2. The van der Waals surface area contributed by atoms with E-state index in [4.69, 9.17) is 19.9 Å². The Bertz CT molecular complexity index is 965. The van der Waals surface area contributed by atoms with Crippen molar-refractivity contribution in [3.63, 3.8) is 0 Å².